The average molecular weight is 293 g/mol. The molecule has 2 heterocycles. The molecule has 0 unspecified atom stereocenters. The Morgan fingerprint density at radius 1 is 1.30 bits per heavy atom. The van der Waals surface area contributed by atoms with Gasteiger partial charge in [-0.1, -0.05) is 0 Å². The van der Waals surface area contributed by atoms with E-state index in [1.807, 2.05) is 19.1 Å². The summed E-state index contributed by atoms with van der Waals surface area (Å²) in [5.74, 6) is 0.943. The van der Waals surface area contributed by atoms with E-state index in [0.717, 1.165) is 46.0 Å². The minimum absolute atomic E-state index is 0. The maximum absolute atomic E-state index is 11.4. The second-order valence-corrected chi connectivity index (χ2v) is 4.83. The standard InChI is InChI=1S/C15H16N2O2.ClH/c1-9-7-10-8-11(3-2-6-16)19-15(10)12-4-5-13(18)17-14(9)12;/h4-5,7-8H,2-3,6,16H2,1H3,(H,17,18);1H. The number of fused-ring (bicyclic) bond motifs is 3. The highest BCUT2D eigenvalue weighted by atomic mass is 35.5. The summed E-state index contributed by atoms with van der Waals surface area (Å²) in [6.07, 6.45) is 1.75. The molecule has 0 atom stereocenters. The molecule has 0 amide bonds. The lowest BCUT2D eigenvalue weighted by atomic mass is 10.1. The summed E-state index contributed by atoms with van der Waals surface area (Å²) in [4.78, 5) is 14.3. The number of furan rings is 1. The third-order valence-corrected chi connectivity index (χ3v) is 3.37. The van der Waals surface area contributed by atoms with Crippen LogP contribution in [0.5, 0.6) is 0 Å². The zero-order valence-electron chi connectivity index (χ0n) is 11.2. The van der Waals surface area contributed by atoms with Crippen LogP contribution in [0, 0.1) is 6.92 Å². The Morgan fingerprint density at radius 2 is 2.10 bits per heavy atom. The van der Waals surface area contributed by atoms with Gasteiger partial charge in [0, 0.05) is 23.3 Å². The van der Waals surface area contributed by atoms with E-state index in [0.29, 0.717) is 6.54 Å². The predicted octanol–water partition coefficient (Wildman–Crippen LogP) is 2.90. The Labute approximate surface area is 122 Å². The quantitative estimate of drug-likeness (QED) is 0.779. The van der Waals surface area contributed by atoms with Gasteiger partial charge in [-0.05, 0) is 43.7 Å². The first-order chi connectivity index (χ1) is 9.19. The van der Waals surface area contributed by atoms with Crippen molar-refractivity contribution in [2.45, 2.75) is 19.8 Å². The van der Waals surface area contributed by atoms with Crippen LogP contribution in [-0.2, 0) is 6.42 Å². The summed E-state index contributed by atoms with van der Waals surface area (Å²) < 4.78 is 5.90. The number of aryl methyl sites for hydroxylation is 2. The molecule has 5 heteroatoms. The maximum atomic E-state index is 11.4. The van der Waals surface area contributed by atoms with Crippen LogP contribution in [0.4, 0.5) is 0 Å². The van der Waals surface area contributed by atoms with Gasteiger partial charge in [0.25, 0.3) is 0 Å². The van der Waals surface area contributed by atoms with Gasteiger partial charge in [-0.25, -0.2) is 0 Å². The van der Waals surface area contributed by atoms with Crippen LogP contribution in [-0.4, -0.2) is 11.5 Å². The highest BCUT2D eigenvalue weighted by molar-refractivity contribution is 6.04. The Bertz CT molecular complexity index is 805. The van der Waals surface area contributed by atoms with Crippen LogP contribution < -0.4 is 11.3 Å². The fourth-order valence-electron chi connectivity index (χ4n) is 2.46. The number of nitrogens with one attached hydrogen (secondary N) is 1. The van der Waals surface area contributed by atoms with Gasteiger partial charge in [0.15, 0.2) is 0 Å². The van der Waals surface area contributed by atoms with E-state index >= 15 is 0 Å². The molecule has 0 fully saturated rings. The summed E-state index contributed by atoms with van der Waals surface area (Å²) in [6.45, 7) is 2.65. The number of benzene rings is 1. The molecule has 0 spiro atoms. The number of nitrogens with two attached hydrogens (primary N) is 1. The smallest absolute Gasteiger partial charge is 0.248 e. The van der Waals surface area contributed by atoms with Gasteiger partial charge in [0.2, 0.25) is 5.56 Å². The molecule has 4 nitrogen and oxygen atoms in total. The molecule has 20 heavy (non-hydrogen) atoms. The minimum Gasteiger partial charge on any atom is -0.460 e. The van der Waals surface area contributed by atoms with Crippen LogP contribution >= 0.6 is 12.4 Å². The summed E-state index contributed by atoms with van der Waals surface area (Å²) in [5, 5.41) is 2.03. The fourth-order valence-corrected chi connectivity index (χ4v) is 2.46. The van der Waals surface area contributed by atoms with E-state index < -0.39 is 0 Å². The van der Waals surface area contributed by atoms with Crippen molar-refractivity contribution in [2.24, 2.45) is 5.73 Å². The van der Waals surface area contributed by atoms with Crippen molar-refractivity contribution < 1.29 is 4.42 Å². The summed E-state index contributed by atoms with van der Waals surface area (Å²) >= 11 is 0. The van der Waals surface area contributed by atoms with E-state index in [9.17, 15) is 4.79 Å². The van der Waals surface area contributed by atoms with E-state index in [2.05, 4.69) is 11.1 Å². The molecule has 0 aliphatic carbocycles. The van der Waals surface area contributed by atoms with E-state index in [1.165, 1.54) is 6.07 Å². The second kappa shape index (κ2) is 5.69. The molecule has 0 bridgehead atoms. The summed E-state index contributed by atoms with van der Waals surface area (Å²) in [5.41, 5.74) is 8.16. The van der Waals surface area contributed by atoms with Crippen LogP contribution in [0.1, 0.15) is 17.7 Å². The molecule has 3 N–H and O–H groups in total. The molecular formula is C15H17ClN2O2. The van der Waals surface area contributed by atoms with Gasteiger partial charge < -0.3 is 15.1 Å². The van der Waals surface area contributed by atoms with Gasteiger partial charge in [-0.15, -0.1) is 12.4 Å². The normalized spacial score (nSPS) is 10.9. The van der Waals surface area contributed by atoms with Crippen molar-refractivity contribution in [1.82, 2.24) is 4.98 Å². The van der Waals surface area contributed by atoms with Gasteiger partial charge in [0.05, 0.1) is 5.52 Å². The molecular weight excluding hydrogens is 276 g/mol. The maximum Gasteiger partial charge on any atom is 0.248 e. The lowest BCUT2D eigenvalue weighted by Crippen LogP contribution is -2.03. The van der Waals surface area contributed by atoms with Crippen molar-refractivity contribution in [1.29, 1.82) is 0 Å². The Morgan fingerprint density at radius 3 is 2.85 bits per heavy atom. The van der Waals surface area contributed by atoms with Gasteiger partial charge >= 0.3 is 0 Å². The van der Waals surface area contributed by atoms with E-state index in [4.69, 9.17) is 10.2 Å². The molecule has 1 aromatic carbocycles. The van der Waals surface area contributed by atoms with Crippen molar-refractivity contribution >= 4 is 34.3 Å². The molecule has 3 rings (SSSR count). The molecule has 0 aliphatic heterocycles. The minimum atomic E-state index is -0.0927. The van der Waals surface area contributed by atoms with E-state index in [-0.39, 0.29) is 18.0 Å². The zero-order chi connectivity index (χ0) is 13.4. The van der Waals surface area contributed by atoms with Gasteiger partial charge in [-0.2, -0.15) is 0 Å². The average Bonchev–Trinajstić information content (AvgIpc) is 2.79. The molecule has 3 aromatic rings. The zero-order valence-corrected chi connectivity index (χ0v) is 12.0. The number of hydrogen-bond donors (Lipinski definition) is 2. The number of pyridine rings is 1. The van der Waals surface area contributed by atoms with Crippen LogP contribution in [0.15, 0.2) is 33.5 Å². The Balaban J connectivity index is 0.00000147. The number of halogens is 1. The highest BCUT2D eigenvalue weighted by Crippen LogP contribution is 2.29. The van der Waals surface area contributed by atoms with Gasteiger partial charge in [-0.3, -0.25) is 4.79 Å². The summed E-state index contributed by atoms with van der Waals surface area (Å²) in [6, 6.07) is 7.45. The number of rotatable bonds is 3. The van der Waals surface area contributed by atoms with Crippen LogP contribution in [0.3, 0.4) is 0 Å². The molecule has 0 saturated heterocycles. The fraction of sp³-hybridized carbons (Fsp3) is 0.267. The molecule has 0 aliphatic rings. The molecule has 2 aromatic heterocycles. The van der Waals surface area contributed by atoms with Crippen molar-refractivity contribution in [3.63, 3.8) is 0 Å². The van der Waals surface area contributed by atoms with Crippen LogP contribution in [0.2, 0.25) is 0 Å². The summed E-state index contributed by atoms with van der Waals surface area (Å²) in [7, 11) is 0. The first kappa shape index (κ1) is 14.6. The van der Waals surface area contributed by atoms with Gasteiger partial charge in [0.1, 0.15) is 11.3 Å². The topological polar surface area (TPSA) is 72.0 Å². The predicted molar refractivity (Wildman–Crippen MR) is 83.7 cm³/mol. The molecule has 106 valence electrons. The number of aromatic amines is 1. The third kappa shape index (κ3) is 2.44. The molecule has 0 radical (unpaired) electrons. The first-order valence-electron chi connectivity index (χ1n) is 6.44. The third-order valence-electron chi connectivity index (χ3n) is 3.37. The van der Waals surface area contributed by atoms with Crippen molar-refractivity contribution in [3.8, 4) is 0 Å². The number of H-pyrrole nitrogens is 1. The highest BCUT2D eigenvalue weighted by Gasteiger charge is 2.10. The number of hydrogen-bond acceptors (Lipinski definition) is 3. The Kier molecular flexibility index (Phi) is 4.16. The largest absolute Gasteiger partial charge is 0.460 e. The number of aromatic nitrogens is 1. The van der Waals surface area contributed by atoms with E-state index in [1.54, 1.807) is 0 Å². The molecule has 0 saturated carbocycles. The van der Waals surface area contributed by atoms with Crippen molar-refractivity contribution in [2.75, 3.05) is 6.54 Å². The lowest BCUT2D eigenvalue weighted by molar-refractivity contribution is 0.542. The Hall–Kier alpha value is -1.78. The first-order valence-corrected chi connectivity index (χ1v) is 6.44. The van der Waals surface area contributed by atoms with Crippen molar-refractivity contribution in [3.05, 3.63) is 45.9 Å². The van der Waals surface area contributed by atoms with Crippen LogP contribution in [0.25, 0.3) is 21.9 Å². The lowest BCUT2D eigenvalue weighted by Gasteiger charge is -2.02. The second-order valence-electron chi connectivity index (χ2n) is 4.83. The SMILES string of the molecule is Cc1cc2cc(CCCN)oc2c2ccc(=O)[nH]c12.Cl. The monoisotopic (exact) mass is 292 g/mol.